The van der Waals surface area contributed by atoms with E-state index in [-0.39, 0.29) is 6.03 Å². The first kappa shape index (κ1) is 14.1. The van der Waals surface area contributed by atoms with Crippen molar-refractivity contribution in [1.82, 2.24) is 14.7 Å². The highest BCUT2D eigenvalue weighted by Crippen LogP contribution is 2.55. The van der Waals surface area contributed by atoms with Gasteiger partial charge in [0, 0.05) is 25.5 Å². The van der Waals surface area contributed by atoms with Gasteiger partial charge in [0.25, 0.3) is 0 Å². The standard InChI is InChI=1S/C19H22N4O/c24-19(22-11-15-13-6-7-14(10-13)16(15)12-22)21-17-4-1-2-5-18(17)23-9-3-8-20-23/h1-5,8-9,13-16H,6-7,10-12H2,(H,21,24)/t13-,14+,15-,16+. The number of nitrogens with one attached hydrogen (secondary N) is 1. The number of nitrogens with zero attached hydrogens (tertiary/aromatic N) is 3. The third-order valence-electron chi connectivity index (χ3n) is 6.32. The second-order valence-corrected chi connectivity index (χ2v) is 7.46. The summed E-state index contributed by atoms with van der Waals surface area (Å²) in [7, 11) is 0. The monoisotopic (exact) mass is 322 g/mol. The predicted molar refractivity (Wildman–Crippen MR) is 92.0 cm³/mol. The number of fused-ring (bicyclic) bond motifs is 5. The van der Waals surface area contributed by atoms with Crippen LogP contribution < -0.4 is 5.32 Å². The molecule has 2 aromatic rings. The number of carbonyl (C=O) groups excluding carboxylic acids is 1. The smallest absolute Gasteiger partial charge is 0.321 e. The van der Waals surface area contributed by atoms with Gasteiger partial charge in [-0.2, -0.15) is 5.10 Å². The molecule has 4 atom stereocenters. The molecule has 2 aliphatic carbocycles. The van der Waals surface area contributed by atoms with E-state index in [1.54, 1.807) is 10.9 Å². The van der Waals surface area contributed by atoms with E-state index in [9.17, 15) is 4.79 Å². The molecule has 5 heteroatoms. The topological polar surface area (TPSA) is 50.2 Å². The van der Waals surface area contributed by atoms with Crippen molar-refractivity contribution < 1.29 is 4.79 Å². The van der Waals surface area contributed by atoms with Crippen LogP contribution in [0.2, 0.25) is 0 Å². The van der Waals surface area contributed by atoms with Gasteiger partial charge in [-0.05, 0) is 61.1 Å². The second-order valence-electron chi connectivity index (χ2n) is 7.46. The molecule has 2 bridgehead atoms. The Labute approximate surface area is 141 Å². The highest BCUT2D eigenvalue weighted by Gasteiger charge is 2.52. The summed E-state index contributed by atoms with van der Waals surface area (Å²) in [5, 5.41) is 7.38. The number of likely N-dealkylation sites (tertiary alicyclic amines) is 1. The highest BCUT2D eigenvalue weighted by atomic mass is 16.2. The molecule has 0 spiro atoms. The molecule has 2 amide bonds. The molecule has 2 saturated carbocycles. The zero-order valence-corrected chi connectivity index (χ0v) is 13.6. The maximum Gasteiger partial charge on any atom is 0.321 e. The summed E-state index contributed by atoms with van der Waals surface area (Å²) in [6.07, 6.45) is 7.80. The summed E-state index contributed by atoms with van der Waals surface area (Å²) in [5.74, 6) is 3.23. The second kappa shape index (κ2) is 5.36. The van der Waals surface area contributed by atoms with Crippen LogP contribution in [0.25, 0.3) is 5.69 Å². The number of amides is 2. The number of benzene rings is 1. The molecule has 5 nitrogen and oxygen atoms in total. The van der Waals surface area contributed by atoms with Crippen molar-refractivity contribution in [2.75, 3.05) is 18.4 Å². The lowest BCUT2D eigenvalue weighted by Gasteiger charge is -2.22. The lowest BCUT2D eigenvalue weighted by molar-refractivity contribution is 0.217. The van der Waals surface area contributed by atoms with E-state index in [2.05, 4.69) is 10.4 Å². The van der Waals surface area contributed by atoms with Crippen LogP contribution in [0.1, 0.15) is 19.3 Å². The van der Waals surface area contributed by atoms with E-state index in [0.29, 0.717) is 0 Å². The fourth-order valence-corrected chi connectivity index (χ4v) is 5.23. The van der Waals surface area contributed by atoms with Gasteiger partial charge in [0.1, 0.15) is 0 Å². The molecule has 1 aromatic heterocycles. The normalized spacial score (nSPS) is 30.6. The Bertz CT molecular complexity index is 738. The first-order valence-corrected chi connectivity index (χ1v) is 8.94. The van der Waals surface area contributed by atoms with Crippen molar-refractivity contribution in [3.05, 3.63) is 42.7 Å². The van der Waals surface area contributed by atoms with Gasteiger partial charge in [0.2, 0.25) is 0 Å². The Morgan fingerprint density at radius 2 is 1.83 bits per heavy atom. The highest BCUT2D eigenvalue weighted by molar-refractivity contribution is 5.91. The molecule has 1 aliphatic heterocycles. The Hall–Kier alpha value is -2.30. The maximum absolute atomic E-state index is 12.8. The molecule has 3 fully saturated rings. The number of hydrogen-bond acceptors (Lipinski definition) is 2. The minimum atomic E-state index is 0.0309. The summed E-state index contributed by atoms with van der Waals surface area (Å²) >= 11 is 0. The number of anilines is 1. The van der Waals surface area contributed by atoms with Crippen LogP contribution in [0.3, 0.4) is 0 Å². The quantitative estimate of drug-likeness (QED) is 0.921. The zero-order valence-electron chi connectivity index (χ0n) is 13.6. The molecule has 5 rings (SSSR count). The minimum absolute atomic E-state index is 0.0309. The summed E-state index contributed by atoms with van der Waals surface area (Å²) in [5.41, 5.74) is 1.71. The largest absolute Gasteiger partial charge is 0.324 e. The minimum Gasteiger partial charge on any atom is -0.324 e. The number of urea groups is 1. The summed E-state index contributed by atoms with van der Waals surface area (Å²) in [6, 6.07) is 9.74. The van der Waals surface area contributed by atoms with E-state index in [0.717, 1.165) is 48.1 Å². The maximum atomic E-state index is 12.8. The fourth-order valence-electron chi connectivity index (χ4n) is 5.23. The summed E-state index contributed by atoms with van der Waals surface area (Å²) in [4.78, 5) is 14.8. The average molecular weight is 322 g/mol. The van der Waals surface area contributed by atoms with Crippen LogP contribution in [-0.4, -0.2) is 33.8 Å². The lowest BCUT2D eigenvalue weighted by Crippen LogP contribution is -2.34. The van der Waals surface area contributed by atoms with Crippen LogP contribution >= 0.6 is 0 Å². The van der Waals surface area contributed by atoms with Gasteiger partial charge < -0.3 is 10.2 Å². The van der Waals surface area contributed by atoms with Gasteiger partial charge in [-0.3, -0.25) is 0 Å². The average Bonchev–Trinajstić information content (AvgIpc) is 3.35. The van der Waals surface area contributed by atoms with E-state index < -0.39 is 0 Å². The predicted octanol–water partition coefficient (Wildman–Crippen LogP) is 3.38. The van der Waals surface area contributed by atoms with Gasteiger partial charge in [-0.1, -0.05) is 12.1 Å². The summed E-state index contributed by atoms with van der Waals surface area (Å²) in [6.45, 7) is 1.86. The molecule has 0 radical (unpaired) electrons. The van der Waals surface area contributed by atoms with Gasteiger partial charge in [0.05, 0.1) is 11.4 Å². The third-order valence-corrected chi connectivity index (χ3v) is 6.32. The molecule has 124 valence electrons. The third kappa shape index (κ3) is 2.14. The van der Waals surface area contributed by atoms with Crippen LogP contribution in [0.15, 0.2) is 42.7 Å². The molecule has 2 heterocycles. The SMILES string of the molecule is O=C(Nc1ccccc1-n1cccn1)N1C[C@@H]2[C@@H]3CC[C@@H](C3)[C@@H]2C1. The van der Waals surface area contributed by atoms with E-state index >= 15 is 0 Å². The van der Waals surface area contributed by atoms with Gasteiger partial charge in [-0.25, -0.2) is 9.48 Å². The van der Waals surface area contributed by atoms with Crippen molar-refractivity contribution in [3.8, 4) is 5.69 Å². The fraction of sp³-hybridized carbons (Fsp3) is 0.474. The number of para-hydroxylation sites is 2. The van der Waals surface area contributed by atoms with Crippen LogP contribution in [-0.2, 0) is 0 Å². The molecular weight excluding hydrogens is 300 g/mol. The van der Waals surface area contributed by atoms with Crippen molar-refractivity contribution in [3.63, 3.8) is 0 Å². The van der Waals surface area contributed by atoms with Crippen molar-refractivity contribution in [1.29, 1.82) is 0 Å². The van der Waals surface area contributed by atoms with Gasteiger partial charge >= 0.3 is 6.03 Å². The molecular formula is C19H22N4O. The summed E-state index contributed by atoms with van der Waals surface area (Å²) < 4.78 is 1.79. The molecule has 24 heavy (non-hydrogen) atoms. The first-order valence-electron chi connectivity index (χ1n) is 8.94. The van der Waals surface area contributed by atoms with Crippen LogP contribution in [0, 0.1) is 23.7 Å². The molecule has 1 aromatic carbocycles. The van der Waals surface area contributed by atoms with Gasteiger partial charge in [0.15, 0.2) is 0 Å². The molecule has 3 aliphatic rings. The Kier molecular flexibility index (Phi) is 3.15. The van der Waals surface area contributed by atoms with E-state index in [1.807, 2.05) is 41.4 Å². The van der Waals surface area contributed by atoms with E-state index in [1.165, 1.54) is 19.3 Å². The Balaban J connectivity index is 1.33. The number of rotatable bonds is 2. The molecule has 1 saturated heterocycles. The number of aromatic nitrogens is 2. The lowest BCUT2D eigenvalue weighted by atomic mass is 9.82. The van der Waals surface area contributed by atoms with Crippen LogP contribution in [0.4, 0.5) is 10.5 Å². The molecule has 1 N–H and O–H groups in total. The van der Waals surface area contributed by atoms with E-state index in [4.69, 9.17) is 0 Å². The first-order chi connectivity index (χ1) is 11.8. The Morgan fingerprint density at radius 3 is 2.54 bits per heavy atom. The van der Waals surface area contributed by atoms with Gasteiger partial charge in [-0.15, -0.1) is 0 Å². The Morgan fingerprint density at radius 1 is 1.08 bits per heavy atom. The van der Waals surface area contributed by atoms with Crippen molar-refractivity contribution in [2.24, 2.45) is 23.7 Å². The number of hydrogen-bond donors (Lipinski definition) is 1. The number of carbonyl (C=O) groups is 1. The molecule has 0 unspecified atom stereocenters. The zero-order chi connectivity index (χ0) is 16.1. The van der Waals surface area contributed by atoms with Crippen molar-refractivity contribution in [2.45, 2.75) is 19.3 Å². The van der Waals surface area contributed by atoms with Crippen LogP contribution in [0.5, 0.6) is 0 Å². The van der Waals surface area contributed by atoms with Crippen molar-refractivity contribution >= 4 is 11.7 Å².